The Hall–Kier alpha value is -2.56. The van der Waals surface area contributed by atoms with E-state index in [0.717, 1.165) is 17.7 Å². The molecule has 2 aliphatic heterocycles. The molecule has 11 nitrogen and oxygen atoms in total. The number of nitrogens with zero attached hydrogens (tertiary/aromatic N) is 4. The minimum absolute atomic E-state index is 0.0332. The van der Waals surface area contributed by atoms with Crippen molar-refractivity contribution in [1.82, 2.24) is 10.2 Å². The number of hydrogen-bond donors (Lipinski definition) is 3. The zero-order valence-corrected chi connectivity index (χ0v) is 19.3. The molecule has 1 saturated carbocycles. The molecule has 2 heterocycles. The van der Waals surface area contributed by atoms with Crippen LogP contribution in [0, 0.1) is 0 Å². The summed E-state index contributed by atoms with van der Waals surface area (Å²) in [4.78, 5) is 17.6. The quantitative estimate of drug-likeness (QED) is 0.210. The van der Waals surface area contributed by atoms with Gasteiger partial charge < -0.3 is 34.6 Å². The lowest BCUT2D eigenvalue weighted by Gasteiger charge is -2.63. The van der Waals surface area contributed by atoms with Crippen LogP contribution in [0.15, 0.2) is 17.2 Å². The second kappa shape index (κ2) is 8.90. The molecule has 11 heteroatoms. The SMILES string of the molecule is CN1CC[C@]23c4c5ccc(O)c4O[C@H]2[C@@H](NC(=O)COCCOCCN=[N+]=[N-])CC[C@@]3(O)C1C5. The first kappa shape index (κ1) is 23.2. The van der Waals surface area contributed by atoms with E-state index in [-0.39, 0.29) is 43.5 Å². The lowest BCUT2D eigenvalue weighted by molar-refractivity contribution is -0.187. The number of nitrogens with one attached hydrogen (secondary N) is 1. The van der Waals surface area contributed by atoms with Crippen LogP contribution in [0.1, 0.15) is 30.4 Å². The van der Waals surface area contributed by atoms with Gasteiger partial charge in [-0.15, -0.1) is 0 Å². The normalized spacial score (nSPS) is 32.9. The number of phenols is 1. The van der Waals surface area contributed by atoms with E-state index in [1.165, 1.54) is 0 Å². The minimum atomic E-state index is -0.985. The van der Waals surface area contributed by atoms with Gasteiger partial charge in [0.15, 0.2) is 11.5 Å². The summed E-state index contributed by atoms with van der Waals surface area (Å²) in [5.41, 5.74) is 8.61. The fourth-order valence-corrected chi connectivity index (χ4v) is 6.68. The fourth-order valence-electron chi connectivity index (χ4n) is 6.68. The number of aromatic hydroxyl groups is 1. The summed E-state index contributed by atoms with van der Waals surface area (Å²) in [6, 6.07) is 3.27. The number of ether oxygens (including phenoxy) is 3. The van der Waals surface area contributed by atoms with Crippen LogP contribution in [0.4, 0.5) is 0 Å². The van der Waals surface area contributed by atoms with E-state index < -0.39 is 17.1 Å². The third kappa shape index (κ3) is 3.42. The van der Waals surface area contributed by atoms with Gasteiger partial charge in [0.1, 0.15) is 12.7 Å². The Balaban J connectivity index is 1.28. The number of carbonyl (C=O) groups excluding carboxylic acids is 1. The van der Waals surface area contributed by atoms with Gasteiger partial charge in [-0.25, -0.2) is 0 Å². The lowest BCUT2D eigenvalue weighted by atomic mass is 9.48. The monoisotopic (exact) mass is 473 g/mol. The molecule has 1 unspecified atom stereocenters. The maximum Gasteiger partial charge on any atom is 0.246 e. The van der Waals surface area contributed by atoms with E-state index in [0.29, 0.717) is 44.6 Å². The van der Waals surface area contributed by atoms with Gasteiger partial charge in [-0.2, -0.15) is 0 Å². The number of hydrogen-bond acceptors (Lipinski definition) is 8. The topological polar surface area (TPSA) is 149 Å². The molecule has 5 rings (SSSR count). The molecular weight excluding hydrogens is 442 g/mol. The van der Waals surface area contributed by atoms with Crippen molar-refractivity contribution < 1.29 is 29.2 Å². The number of azide groups is 1. The number of likely N-dealkylation sites (tertiary alicyclic amines) is 1. The summed E-state index contributed by atoms with van der Waals surface area (Å²) in [5.74, 6) is 0.278. The molecule has 34 heavy (non-hydrogen) atoms. The molecule has 5 atom stereocenters. The zero-order chi connectivity index (χ0) is 23.9. The molecule has 4 aliphatic rings. The van der Waals surface area contributed by atoms with E-state index >= 15 is 0 Å². The highest BCUT2D eigenvalue weighted by Gasteiger charge is 2.72. The molecule has 2 fully saturated rings. The van der Waals surface area contributed by atoms with Gasteiger partial charge in [-0.05, 0) is 56.4 Å². The predicted molar refractivity (Wildman–Crippen MR) is 121 cm³/mol. The van der Waals surface area contributed by atoms with Crippen LogP contribution in [0.5, 0.6) is 11.5 Å². The van der Waals surface area contributed by atoms with E-state index in [1.807, 2.05) is 6.07 Å². The van der Waals surface area contributed by atoms with Crippen molar-refractivity contribution in [2.45, 2.75) is 54.9 Å². The highest BCUT2D eigenvalue weighted by molar-refractivity contribution is 5.78. The van der Waals surface area contributed by atoms with Crippen molar-refractivity contribution in [2.24, 2.45) is 5.11 Å². The number of piperidine rings is 1. The van der Waals surface area contributed by atoms with Crippen molar-refractivity contribution in [3.63, 3.8) is 0 Å². The molecule has 0 aromatic heterocycles. The fraction of sp³-hybridized carbons (Fsp3) is 0.696. The van der Waals surface area contributed by atoms with E-state index in [1.54, 1.807) is 6.07 Å². The molecule has 1 spiro atoms. The summed E-state index contributed by atoms with van der Waals surface area (Å²) in [7, 11) is 2.05. The van der Waals surface area contributed by atoms with Crippen LogP contribution in [0.3, 0.4) is 0 Å². The summed E-state index contributed by atoms with van der Waals surface area (Å²) in [5, 5.41) is 29.1. The Bertz CT molecular complexity index is 1020. The molecule has 3 N–H and O–H groups in total. The van der Waals surface area contributed by atoms with Gasteiger partial charge in [0.2, 0.25) is 5.91 Å². The van der Waals surface area contributed by atoms with Crippen molar-refractivity contribution in [3.8, 4) is 11.5 Å². The first-order valence-electron chi connectivity index (χ1n) is 11.8. The van der Waals surface area contributed by atoms with Crippen molar-refractivity contribution >= 4 is 5.91 Å². The standard InChI is InChI=1S/C23H31N5O6/c1-28-8-6-22-19-14-2-3-16(29)20(19)34-21(22)15(4-5-23(22,31)17(28)12-14)26-18(30)13-33-11-10-32-9-7-25-27-24/h2-3,15,17,21,29,31H,4-13H2,1H3,(H,26,30)/t15-,17?,21-,22-,23+/m0/s1. The Morgan fingerprint density at radius 1 is 1.35 bits per heavy atom. The third-order valence-corrected chi connectivity index (χ3v) is 8.08. The Kier molecular flexibility index (Phi) is 6.07. The maximum atomic E-state index is 12.7. The van der Waals surface area contributed by atoms with Crippen LogP contribution >= 0.6 is 0 Å². The molecule has 2 bridgehead atoms. The van der Waals surface area contributed by atoms with E-state index in [4.69, 9.17) is 19.7 Å². The zero-order valence-electron chi connectivity index (χ0n) is 19.3. The summed E-state index contributed by atoms with van der Waals surface area (Å²) in [6.07, 6.45) is 2.06. The van der Waals surface area contributed by atoms with Gasteiger partial charge >= 0.3 is 0 Å². The summed E-state index contributed by atoms with van der Waals surface area (Å²) in [6.45, 7) is 1.79. The van der Waals surface area contributed by atoms with Gasteiger partial charge in [0.05, 0.1) is 36.9 Å². The van der Waals surface area contributed by atoms with Crippen LogP contribution < -0.4 is 10.1 Å². The maximum absolute atomic E-state index is 12.7. The van der Waals surface area contributed by atoms with E-state index in [2.05, 4.69) is 27.3 Å². The van der Waals surface area contributed by atoms with Crippen LogP contribution in [-0.4, -0.2) is 91.4 Å². The average molecular weight is 474 g/mol. The van der Waals surface area contributed by atoms with Crippen molar-refractivity contribution in [2.75, 3.05) is 46.6 Å². The largest absolute Gasteiger partial charge is 0.504 e. The number of amides is 1. The molecule has 1 amide bonds. The molecule has 1 aromatic carbocycles. The summed E-state index contributed by atoms with van der Waals surface area (Å²) >= 11 is 0. The second-order valence-corrected chi connectivity index (χ2v) is 9.66. The Morgan fingerprint density at radius 3 is 3.00 bits per heavy atom. The molecule has 1 aromatic rings. The molecular formula is C23H31N5O6. The van der Waals surface area contributed by atoms with Crippen molar-refractivity contribution in [3.05, 3.63) is 33.7 Å². The summed E-state index contributed by atoms with van der Waals surface area (Å²) < 4.78 is 17.1. The lowest BCUT2D eigenvalue weighted by Crippen LogP contribution is -2.77. The highest BCUT2D eigenvalue weighted by Crippen LogP contribution is 2.65. The molecule has 184 valence electrons. The van der Waals surface area contributed by atoms with Gasteiger partial charge in [0, 0.05) is 23.1 Å². The third-order valence-electron chi connectivity index (χ3n) is 8.08. The Morgan fingerprint density at radius 2 is 2.18 bits per heavy atom. The van der Waals surface area contributed by atoms with Gasteiger partial charge in [0.25, 0.3) is 0 Å². The highest BCUT2D eigenvalue weighted by atomic mass is 16.5. The number of carbonyl (C=O) groups is 1. The number of benzene rings is 1. The van der Waals surface area contributed by atoms with Crippen LogP contribution in [0.25, 0.3) is 10.4 Å². The number of aliphatic hydroxyl groups is 1. The van der Waals surface area contributed by atoms with Crippen LogP contribution in [0.2, 0.25) is 0 Å². The van der Waals surface area contributed by atoms with Gasteiger partial charge in [-0.3, -0.25) is 4.79 Å². The van der Waals surface area contributed by atoms with Gasteiger partial charge in [-0.1, -0.05) is 11.2 Å². The Labute approximate surface area is 197 Å². The first-order chi connectivity index (χ1) is 16.4. The van der Waals surface area contributed by atoms with Crippen LogP contribution in [-0.2, 0) is 26.1 Å². The molecule has 2 aliphatic carbocycles. The minimum Gasteiger partial charge on any atom is -0.504 e. The number of rotatable bonds is 9. The smallest absolute Gasteiger partial charge is 0.246 e. The van der Waals surface area contributed by atoms with E-state index in [9.17, 15) is 15.0 Å². The first-order valence-corrected chi connectivity index (χ1v) is 11.8. The average Bonchev–Trinajstić information content (AvgIpc) is 3.17. The number of phenolic OH excluding ortho intramolecular Hbond substituents is 1. The van der Waals surface area contributed by atoms with Crippen molar-refractivity contribution in [1.29, 1.82) is 0 Å². The predicted octanol–water partition coefficient (Wildman–Crippen LogP) is 1.00. The molecule has 0 radical (unpaired) electrons. The molecule has 1 saturated heterocycles. The second-order valence-electron chi connectivity index (χ2n) is 9.66. The number of likely N-dealkylation sites (N-methyl/N-ethyl adjacent to an activating group) is 1.